The van der Waals surface area contributed by atoms with Gasteiger partial charge in [0.05, 0.1) is 31.6 Å². The van der Waals surface area contributed by atoms with Crippen LogP contribution in [0.15, 0.2) is 65.6 Å². The summed E-state index contributed by atoms with van der Waals surface area (Å²) in [7, 11) is 0. The van der Waals surface area contributed by atoms with Gasteiger partial charge in [0, 0.05) is 24.8 Å². The summed E-state index contributed by atoms with van der Waals surface area (Å²) in [6.45, 7) is 5.78. The van der Waals surface area contributed by atoms with E-state index in [4.69, 9.17) is 16.3 Å². The smallest absolute Gasteiger partial charge is 0.287 e. The van der Waals surface area contributed by atoms with E-state index in [-0.39, 0.29) is 16.6 Å². The van der Waals surface area contributed by atoms with Gasteiger partial charge in [0.15, 0.2) is 0 Å². The van der Waals surface area contributed by atoms with Gasteiger partial charge in [-0.15, -0.1) is 0 Å². The molecule has 0 amide bonds. The van der Waals surface area contributed by atoms with Crippen LogP contribution in [0.25, 0.3) is 0 Å². The van der Waals surface area contributed by atoms with Crippen LogP contribution in [-0.2, 0) is 11.3 Å². The minimum absolute atomic E-state index is 0.0209. The van der Waals surface area contributed by atoms with Gasteiger partial charge in [0.25, 0.3) is 5.56 Å². The lowest BCUT2D eigenvalue weighted by atomic mass is 10.1. The monoisotopic (exact) mass is 424 g/mol. The Labute approximate surface area is 181 Å². The molecule has 1 aliphatic rings. The minimum Gasteiger partial charge on any atom is -0.378 e. The Morgan fingerprint density at radius 2 is 1.80 bits per heavy atom. The van der Waals surface area contributed by atoms with Gasteiger partial charge >= 0.3 is 0 Å². The van der Waals surface area contributed by atoms with Crippen LogP contribution in [0.3, 0.4) is 0 Å². The second-order valence-electron chi connectivity index (χ2n) is 7.38. The van der Waals surface area contributed by atoms with E-state index in [0.717, 1.165) is 37.4 Å². The van der Waals surface area contributed by atoms with Crippen molar-refractivity contribution >= 4 is 23.0 Å². The van der Waals surface area contributed by atoms with Crippen molar-refractivity contribution in [1.82, 2.24) is 9.78 Å². The molecule has 2 aromatic carbocycles. The summed E-state index contributed by atoms with van der Waals surface area (Å²) in [5.41, 5.74) is 3.53. The first-order valence-electron chi connectivity index (χ1n) is 10.1. The average Bonchev–Trinajstić information content (AvgIpc) is 2.80. The molecule has 0 unspecified atom stereocenters. The fourth-order valence-electron chi connectivity index (χ4n) is 3.55. The third-order valence-electron chi connectivity index (χ3n) is 5.30. The first-order valence-corrected chi connectivity index (χ1v) is 10.5. The molecule has 1 aliphatic heterocycles. The van der Waals surface area contributed by atoms with Gasteiger partial charge in [-0.25, -0.2) is 4.68 Å². The normalized spacial score (nSPS) is 15.1. The van der Waals surface area contributed by atoms with Crippen LogP contribution in [-0.4, -0.2) is 36.1 Å². The second-order valence-corrected chi connectivity index (χ2v) is 7.76. The summed E-state index contributed by atoms with van der Waals surface area (Å²) in [6.07, 6.45) is 1.62. The van der Waals surface area contributed by atoms with Crippen molar-refractivity contribution in [2.45, 2.75) is 19.5 Å². The van der Waals surface area contributed by atoms with Gasteiger partial charge in [-0.3, -0.25) is 4.79 Å². The molecule has 1 N–H and O–H groups in total. The molecule has 1 fully saturated rings. The second kappa shape index (κ2) is 9.32. The highest BCUT2D eigenvalue weighted by molar-refractivity contribution is 6.32. The maximum Gasteiger partial charge on any atom is 0.287 e. The fourth-order valence-corrected chi connectivity index (χ4v) is 3.75. The highest BCUT2D eigenvalue weighted by atomic mass is 35.5. The van der Waals surface area contributed by atoms with Crippen LogP contribution in [0.5, 0.6) is 0 Å². The van der Waals surface area contributed by atoms with Crippen molar-refractivity contribution in [3.05, 3.63) is 87.3 Å². The molecule has 1 aromatic heterocycles. The molecule has 0 bridgehead atoms. The molecular formula is C23H25ClN4O2. The zero-order valence-electron chi connectivity index (χ0n) is 16.9. The van der Waals surface area contributed by atoms with Crippen LogP contribution in [0, 0.1) is 0 Å². The highest BCUT2D eigenvalue weighted by Gasteiger charge is 2.15. The van der Waals surface area contributed by atoms with E-state index in [0.29, 0.717) is 12.2 Å². The number of nitrogens with zero attached hydrogens (tertiary/aromatic N) is 3. The molecule has 4 rings (SSSR count). The number of nitrogens with one attached hydrogen (secondary N) is 1. The SMILES string of the molecule is C[C@H](Nc1cnn(Cc2ccccc2)c(=O)c1Cl)c1ccc(N2CCOCC2)cc1. The maximum absolute atomic E-state index is 12.6. The van der Waals surface area contributed by atoms with Crippen LogP contribution >= 0.6 is 11.6 Å². The quantitative estimate of drug-likeness (QED) is 0.649. The van der Waals surface area contributed by atoms with E-state index in [9.17, 15) is 4.79 Å². The molecule has 30 heavy (non-hydrogen) atoms. The van der Waals surface area contributed by atoms with E-state index < -0.39 is 0 Å². The molecular weight excluding hydrogens is 400 g/mol. The van der Waals surface area contributed by atoms with Crippen molar-refractivity contribution in [1.29, 1.82) is 0 Å². The summed E-state index contributed by atoms with van der Waals surface area (Å²) in [6, 6.07) is 18.1. The van der Waals surface area contributed by atoms with E-state index in [1.54, 1.807) is 6.20 Å². The predicted molar refractivity (Wildman–Crippen MR) is 121 cm³/mol. The molecule has 0 spiro atoms. The van der Waals surface area contributed by atoms with Crippen LogP contribution < -0.4 is 15.8 Å². The van der Waals surface area contributed by atoms with E-state index in [1.165, 1.54) is 10.4 Å². The van der Waals surface area contributed by atoms with Gasteiger partial charge < -0.3 is 15.0 Å². The summed E-state index contributed by atoms with van der Waals surface area (Å²) in [5, 5.41) is 7.76. The zero-order chi connectivity index (χ0) is 20.9. The Balaban J connectivity index is 1.45. The Morgan fingerprint density at radius 3 is 2.50 bits per heavy atom. The number of aromatic nitrogens is 2. The number of benzene rings is 2. The van der Waals surface area contributed by atoms with Crippen molar-refractivity contribution in [3.63, 3.8) is 0 Å². The zero-order valence-corrected chi connectivity index (χ0v) is 17.7. The molecule has 3 aromatic rings. The lowest BCUT2D eigenvalue weighted by Crippen LogP contribution is -2.36. The van der Waals surface area contributed by atoms with Gasteiger partial charge in [-0.1, -0.05) is 54.1 Å². The number of morpholine rings is 1. The van der Waals surface area contributed by atoms with Crippen molar-refractivity contribution in [2.24, 2.45) is 0 Å². The van der Waals surface area contributed by atoms with Crippen LogP contribution in [0.4, 0.5) is 11.4 Å². The number of rotatable bonds is 6. The van der Waals surface area contributed by atoms with E-state index in [1.807, 2.05) is 37.3 Å². The third-order valence-corrected chi connectivity index (χ3v) is 5.67. The van der Waals surface area contributed by atoms with Gasteiger partial charge in [-0.05, 0) is 30.2 Å². The highest BCUT2D eigenvalue weighted by Crippen LogP contribution is 2.25. The van der Waals surface area contributed by atoms with E-state index in [2.05, 4.69) is 39.6 Å². The Hall–Kier alpha value is -2.83. The number of hydrogen-bond donors (Lipinski definition) is 1. The topological polar surface area (TPSA) is 59.4 Å². The molecule has 156 valence electrons. The molecule has 2 heterocycles. The lowest BCUT2D eigenvalue weighted by molar-refractivity contribution is 0.122. The molecule has 6 nitrogen and oxygen atoms in total. The number of anilines is 2. The van der Waals surface area contributed by atoms with Gasteiger partial charge in [-0.2, -0.15) is 5.10 Å². The maximum atomic E-state index is 12.6. The predicted octanol–water partition coefficient (Wildman–Crippen LogP) is 3.95. The standard InChI is InChI=1S/C23H25ClN4O2/c1-17(19-7-9-20(10-8-19)27-11-13-30-14-12-27)26-21-15-25-28(23(29)22(21)24)16-18-5-3-2-4-6-18/h2-10,15,17,26H,11-14,16H2,1H3/t17-/m0/s1. The van der Waals surface area contributed by atoms with Crippen LogP contribution in [0.1, 0.15) is 24.1 Å². The molecule has 0 radical (unpaired) electrons. The number of ether oxygens (including phenoxy) is 1. The Morgan fingerprint density at radius 1 is 1.10 bits per heavy atom. The molecule has 1 atom stereocenters. The first kappa shape index (κ1) is 20.4. The summed E-state index contributed by atoms with van der Waals surface area (Å²) < 4.78 is 6.79. The fraction of sp³-hybridized carbons (Fsp3) is 0.304. The largest absolute Gasteiger partial charge is 0.378 e. The van der Waals surface area contributed by atoms with Crippen molar-refractivity contribution < 1.29 is 4.74 Å². The van der Waals surface area contributed by atoms with E-state index >= 15 is 0 Å². The first-order chi connectivity index (χ1) is 14.6. The Bertz CT molecular complexity index is 1030. The van der Waals surface area contributed by atoms with Crippen molar-refractivity contribution in [2.75, 3.05) is 36.5 Å². The summed E-state index contributed by atoms with van der Waals surface area (Å²) in [5.74, 6) is 0. The summed E-state index contributed by atoms with van der Waals surface area (Å²) >= 11 is 6.37. The molecule has 0 saturated carbocycles. The molecule has 0 aliphatic carbocycles. The van der Waals surface area contributed by atoms with Gasteiger partial charge in [0.1, 0.15) is 5.02 Å². The lowest BCUT2D eigenvalue weighted by Gasteiger charge is -2.29. The third kappa shape index (κ3) is 4.66. The average molecular weight is 425 g/mol. The minimum atomic E-state index is -0.305. The summed E-state index contributed by atoms with van der Waals surface area (Å²) in [4.78, 5) is 15.0. The molecule has 1 saturated heterocycles. The number of halogens is 1. The molecule has 7 heteroatoms. The van der Waals surface area contributed by atoms with Crippen LogP contribution in [0.2, 0.25) is 5.02 Å². The van der Waals surface area contributed by atoms with Crippen molar-refractivity contribution in [3.8, 4) is 0 Å². The van der Waals surface area contributed by atoms with Gasteiger partial charge in [0.2, 0.25) is 0 Å². The Kier molecular flexibility index (Phi) is 6.35. The number of hydrogen-bond acceptors (Lipinski definition) is 5.